The van der Waals surface area contributed by atoms with Crippen molar-refractivity contribution >= 4 is 5.91 Å². The summed E-state index contributed by atoms with van der Waals surface area (Å²) >= 11 is 0. The molecule has 1 heterocycles. The zero-order valence-electron chi connectivity index (χ0n) is 11.8. The zero-order valence-corrected chi connectivity index (χ0v) is 11.8. The lowest BCUT2D eigenvalue weighted by molar-refractivity contribution is -0.133. The summed E-state index contributed by atoms with van der Waals surface area (Å²) < 4.78 is 5.80. The first-order chi connectivity index (χ1) is 9.15. The van der Waals surface area contributed by atoms with Gasteiger partial charge in [-0.25, -0.2) is 0 Å². The molecule has 1 saturated heterocycles. The number of carbonyl (C=O) groups excluding carboxylic acids is 1. The Balaban J connectivity index is 1.79. The van der Waals surface area contributed by atoms with Crippen LogP contribution in [-0.4, -0.2) is 36.1 Å². The number of amides is 1. The molecular formula is C16H23NO2. The molecule has 1 fully saturated rings. The van der Waals surface area contributed by atoms with Gasteiger partial charge in [0.2, 0.25) is 5.91 Å². The van der Waals surface area contributed by atoms with Crippen LogP contribution in [0.15, 0.2) is 30.3 Å². The normalized spacial score (nSPS) is 16.9. The lowest BCUT2D eigenvalue weighted by atomic mass is 10.1. The first-order valence-electron chi connectivity index (χ1n) is 7.12. The minimum Gasteiger partial charge on any atom is -0.375 e. The van der Waals surface area contributed by atoms with Crippen LogP contribution in [0.2, 0.25) is 0 Å². The van der Waals surface area contributed by atoms with Crippen molar-refractivity contribution in [3.8, 4) is 0 Å². The van der Waals surface area contributed by atoms with E-state index in [1.54, 1.807) is 0 Å². The molecular weight excluding hydrogens is 238 g/mol. The van der Waals surface area contributed by atoms with Crippen LogP contribution in [0.5, 0.6) is 0 Å². The first-order valence-corrected chi connectivity index (χ1v) is 7.12. The predicted octanol–water partition coefficient (Wildman–Crippen LogP) is 2.65. The van der Waals surface area contributed by atoms with Crippen molar-refractivity contribution in [2.75, 3.05) is 13.1 Å². The summed E-state index contributed by atoms with van der Waals surface area (Å²) in [5.74, 6) is 0.231. The van der Waals surface area contributed by atoms with Gasteiger partial charge >= 0.3 is 0 Å². The Bertz CT molecular complexity index is 394. The van der Waals surface area contributed by atoms with Gasteiger partial charge in [-0.2, -0.15) is 0 Å². The smallest absolute Gasteiger partial charge is 0.226 e. The SMILES string of the molecule is CC(C)OC1CCN(C(=O)Cc2ccccc2)CC1. The molecule has 2 rings (SSSR count). The Hall–Kier alpha value is -1.35. The van der Waals surface area contributed by atoms with Gasteiger partial charge in [-0.05, 0) is 32.3 Å². The lowest BCUT2D eigenvalue weighted by Gasteiger charge is -2.33. The van der Waals surface area contributed by atoms with E-state index in [0.717, 1.165) is 31.5 Å². The van der Waals surface area contributed by atoms with Gasteiger partial charge in [0.05, 0.1) is 18.6 Å². The highest BCUT2D eigenvalue weighted by Gasteiger charge is 2.23. The van der Waals surface area contributed by atoms with Crippen LogP contribution in [0.3, 0.4) is 0 Å². The number of carbonyl (C=O) groups is 1. The van der Waals surface area contributed by atoms with Crippen molar-refractivity contribution in [3.63, 3.8) is 0 Å². The molecule has 0 atom stereocenters. The number of nitrogens with zero attached hydrogens (tertiary/aromatic N) is 1. The number of benzene rings is 1. The molecule has 0 aromatic heterocycles. The van der Waals surface area contributed by atoms with E-state index < -0.39 is 0 Å². The van der Waals surface area contributed by atoms with Gasteiger partial charge in [0, 0.05) is 13.1 Å². The zero-order chi connectivity index (χ0) is 13.7. The van der Waals surface area contributed by atoms with Crippen molar-refractivity contribution in [2.24, 2.45) is 0 Å². The summed E-state index contributed by atoms with van der Waals surface area (Å²) in [5, 5.41) is 0. The molecule has 3 nitrogen and oxygen atoms in total. The largest absolute Gasteiger partial charge is 0.375 e. The van der Waals surface area contributed by atoms with Crippen molar-refractivity contribution in [1.82, 2.24) is 4.90 Å². The molecule has 1 aromatic rings. The molecule has 19 heavy (non-hydrogen) atoms. The molecule has 0 unspecified atom stereocenters. The van der Waals surface area contributed by atoms with Crippen LogP contribution in [0.1, 0.15) is 32.3 Å². The molecule has 0 N–H and O–H groups in total. The van der Waals surface area contributed by atoms with Crippen LogP contribution in [0, 0.1) is 0 Å². The number of rotatable bonds is 4. The number of hydrogen-bond donors (Lipinski definition) is 0. The fourth-order valence-electron chi connectivity index (χ4n) is 2.51. The second-order valence-electron chi connectivity index (χ2n) is 5.43. The molecule has 1 aromatic carbocycles. The van der Waals surface area contributed by atoms with E-state index >= 15 is 0 Å². The topological polar surface area (TPSA) is 29.5 Å². The summed E-state index contributed by atoms with van der Waals surface area (Å²) in [6.07, 6.45) is 3.02. The summed E-state index contributed by atoms with van der Waals surface area (Å²) in [7, 11) is 0. The summed E-state index contributed by atoms with van der Waals surface area (Å²) in [5.41, 5.74) is 1.09. The van der Waals surface area contributed by atoms with Crippen LogP contribution in [0.25, 0.3) is 0 Å². The van der Waals surface area contributed by atoms with E-state index in [0.29, 0.717) is 12.5 Å². The predicted molar refractivity (Wildman–Crippen MR) is 76.0 cm³/mol. The molecule has 1 amide bonds. The minimum atomic E-state index is 0.231. The quantitative estimate of drug-likeness (QED) is 0.834. The molecule has 0 saturated carbocycles. The Labute approximate surface area is 115 Å². The third-order valence-electron chi connectivity index (χ3n) is 3.46. The first kappa shape index (κ1) is 14.1. The number of hydrogen-bond acceptors (Lipinski definition) is 2. The van der Waals surface area contributed by atoms with E-state index in [2.05, 4.69) is 13.8 Å². The molecule has 1 aliphatic rings. The van der Waals surface area contributed by atoms with Crippen molar-refractivity contribution in [2.45, 2.75) is 45.3 Å². The highest BCUT2D eigenvalue weighted by molar-refractivity contribution is 5.78. The van der Waals surface area contributed by atoms with Gasteiger partial charge in [-0.3, -0.25) is 4.79 Å². The van der Waals surface area contributed by atoms with Crippen LogP contribution in [-0.2, 0) is 16.0 Å². The third-order valence-corrected chi connectivity index (χ3v) is 3.46. The number of ether oxygens (including phenoxy) is 1. The highest BCUT2D eigenvalue weighted by atomic mass is 16.5. The van der Waals surface area contributed by atoms with Gasteiger partial charge in [0.25, 0.3) is 0 Å². The molecule has 3 heteroatoms. The second kappa shape index (κ2) is 6.71. The Morgan fingerprint density at radius 2 is 1.89 bits per heavy atom. The van der Waals surface area contributed by atoms with E-state index in [-0.39, 0.29) is 12.0 Å². The lowest BCUT2D eigenvalue weighted by Crippen LogP contribution is -2.42. The van der Waals surface area contributed by atoms with E-state index in [1.807, 2.05) is 35.2 Å². The maximum absolute atomic E-state index is 12.2. The average molecular weight is 261 g/mol. The molecule has 0 radical (unpaired) electrons. The van der Waals surface area contributed by atoms with E-state index in [1.165, 1.54) is 0 Å². The summed E-state index contributed by atoms with van der Waals surface area (Å²) in [6, 6.07) is 9.94. The van der Waals surface area contributed by atoms with Crippen LogP contribution in [0.4, 0.5) is 0 Å². The molecule has 1 aliphatic heterocycles. The maximum atomic E-state index is 12.2. The van der Waals surface area contributed by atoms with Gasteiger partial charge in [0.15, 0.2) is 0 Å². The monoisotopic (exact) mass is 261 g/mol. The number of piperidine rings is 1. The van der Waals surface area contributed by atoms with Crippen molar-refractivity contribution in [1.29, 1.82) is 0 Å². The van der Waals surface area contributed by atoms with Gasteiger partial charge in [-0.1, -0.05) is 30.3 Å². The molecule has 0 bridgehead atoms. The fraction of sp³-hybridized carbons (Fsp3) is 0.562. The van der Waals surface area contributed by atoms with Crippen LogP contribution < -0.4 is 0 Å². The molecule has 0 aliphatic carbocycles. The maximum Gasteiger partial charge on any atom is 0.226 e. The number of likely N-dealkylation sites (tertiary alicyclic amines) is 1. The van der Waals surface area contributed by atoms with Crippen molar-refractivity contribution in [3.05, 3.63) is 35.9 Å². The fourth-order valence-corrected chi connectivity index (χ4v) is 2.51. The Kier molecular flexibility index (Phi) is 4.97. The Morgan fingerprint density at radius 1 is 1.26 bits per heavy atom. The van der Waals surface area contributed by atoms with Gasteiger partial charge in [-0.15, -0.1) is 0 Å². The Morgan fingerprint density at radius 3 is 2.47 bits per heavy atom. The molecule has 104 valence electrons. The highest BCUT2D eigenvalue weighted by Crippen LogP contribution is 2.16. The van der Waals surface area contributed by atoms with Crippen molar-refractivity contribution < 1.29 is 9.53 Å². The van der Waals surface area contributed by atoms with E-state index in [4.69, 9.17) is 4.74 Å². The van der Waals surface area contributed by atoms with E-state index in [9.17, 15) is 4.79 Å². The van der Waals surface area contributed by atoms with Gasteiger partial charge in [0.1, 0.15) is 0 Å². The average Bonchev–Trinajstić information content (AvgIpc) is 2.40. The molecule has 0 spiro atoms. The standard InChI is InChI=1S/C16H23NO2/c1-13(2)19-15-8-10-17(11-9-15)16(18)12-14-6-4-3-5-7-14/h3-7,13,15H,8-12H2,1-2H3. The summed E-state index contributed by atoms with van der Waals surface area (Å²) in [4.78, 5) is 14.1. The van der Waals surface area contributed by atoms with Crippen LogP contribution >= 0.6 is 0 Å². The van der Waals surface area contributed by atoms with Gasteiger partial charge < -0.3 is 9.64 Å². The summed E-state index contributed by atoms with van der Waals surface area (Å²) in [6.45, 7) is 5.77. The third kappa shape index (κ3) is 4.35. The second-order valence-corrected chi connectivity index (χ2v) is 5.43. The minimum absolute atomic E-state index is 0.231.